The number of hydrogen-bond donors (Lipinski definition) is 0. The number of halogens is 1. The molecular formula is C34H43ClN6O4. The molecule has 4 aliphatic rings. The van der Waals surface area contributed by atoms with Crippen LogP contribution in [0.4, 0.5) is 16.3 Å². The summed E-state index contributed by atoms with van der Waals surface area (Å²) in [5.41, 5.74) is 2.73. The molecule has 2 aromatic carbocycles. The molecule has 0 radical (unpaired) electrons. The standard InChI is InChI=1S/C34H43ClN6O4/c1-34(2,3)45-33(42)39-16-14-38(15-17-39)31-26-11-13-41(29-10-5-8-23-7-4-9-27(35)30(23)29)21-28(26)36-32(37-31)43-18-6-12-40-20-25-19-24(40)22-44-25/h4-5,7-10,24-25H,6,11-22H2,1-3H3/t24-,25-/m0/s1. The van der Waals surface area contributed by atoms with Crippen molar-refractivity contribution in [1.82, 2.24) is 19.8 Å². The number of nitrogens with zero attached hydrogens (tertiary/aromatic N) is 6. The third-order valence-electron chi connectivity index (χ3n) is 9.26. The van der Waals surface area contributed by atoms with E-state index < -0.39 is 5.60 Å². The van der Waals surface area contributed by atoms with Crippen LogP contribution >= 0.6 is 11.6 Å². The first-order valence-electron chi connectivity index (χ1n) is 16.2. The lowest BCUT2D eigenvalue weighted by molar-refractivity contribution is 0.0240. The maximum atomic E-state index is 12.7. The Morgan fingerprint density at radius 3 is 2.58 bits per heavy atom. The number of piperazine rings is 1. The number of morpholine rings is 1. The fourth-order valence-corrected chi connectivity index (χ4v) is 7.35. The second kappa shape index (κ2) is 12.5. The number of aromatic nitrogens is 2. The van der Waals surface area contributed by atoms with E-state index in [1.54, 1.807) is 4.90 Å². The minimum atomic E-state index is -0.519. The molecule has 1 aromatic heterocycles. The maximum absolute atomic E-state index is 12.7. The van der Waals surface area contributed by atoms with Gasteiger partial charge in [-0.3, -0.25) is 4.90 Å². The molecule has 2 bridgehead atoms. The van der Waals surface area contributed by atoms with E-state index in [2.05, 4.69) is 39.0 Å². The van der Waals surface area contributed by atoms with Gasteiger partial charge in [0.15, 0.2) is 0 Å². The number of benzene rings is 2. The van der Waals surface area contributed by atoms with Crippen molar-refractivity contribution in [2.75, 3.05) is 68.8 Å². The highest BCUT2D eigenvalue weighted by atomic mass is 35.5. The van der Waals surface area contributed by atoms with Gasteiger partial charge in [-0.15, -0.1) is 0 Å². The molecule has 0 spiro atoms. The zero-order valence-electron chi connectivity index (χ0n) is 26.5. The molecule has 2 atom stereocenters. The molecular weight excluding hydrogens is 592 g/mol. The van der Waals surface area contributed by atoms with Gasteiger partial charge in [0.05, 0.1) is 36.6 Å². The fourth-order valence-electron chi connectivity index (χ4n) is 7.07. The number of likely N-dealkylation sites (tertiary alicyclic amines) is 1. The molecule has 3 saturated heterocycles. The second-order valence-corrected chi connectivity index (χ2v) is 13.9. The minimum absolute atomic E-state index is 0.266. The van der Waals surface area contributed by atoms with Crippen molar-refractivity contribution in [3.8, 4) is 6.01 Å². The fraction of sp³-hybridized carbons (Fsp3) is 0.559. The molecule has 1 amide bonds. The van der Waals surface area contributed by atoms with Crippen LogP contribution in [0.1, 0.15) is 44.9 Å². The zero-order valence-corrected chi connectivity index (χ0v) is 27.3. The van der Waals surface area contributed by atoms with Crippen LogP contribution in [0.2, 0.25) is 5.02 Å². The lowest BCUT2D eigenvalue weighted by Gasteiger charge is -2.38. The Morgan fingerprint density at radius 1 is 1.04 bits per heavy atom. The Balaban J connectivity index is 1.10. The third-order valence-corrected chi connectivity index (χ3v) is 9.58. The average molecular weight is 635 g/mol. The summed E-state index contributed by atoms with van der Waals surface area (Å²) in [6.45, 7) is 13.1. The van der Waals surface area contributed by atoms with Gasteiger partial charge in [0.2, 0.25) is 0 Å². The maximum Gasteiger partial charge on any atom is 0.410 e. The minimum Gasteiger partial charge on any atom is -0.463 e. The normalized spacial score (nSPS) is 21.8. The number of amides is 1. The van der Waals surface area contributed by atoms with Crippen LogP contribution in [0, 0.1) is 0 Å². The molecule has 3 aromatic rings. The first-order valence-corrected chi connectivity index (χ1v) is 16.6. The molecule has 11 heteroatoms. The highest BCUT2D eigenvalue weighted by Gasteiger charge is 2.38. The van der Waals surface area contributed by atoms with E-state index in [0.29, 0.717) is 57.5 Å². The van der Waals surface area contributed by atoms with Crippen LogP contribution in [-0.4, -0.2) is 103 Å². The molecule has 45 heavy (non-hydrogen) atoms. The van der Waals surface area contributed by atoms with Gasteiger partial charge in [-0.2, -0.15) is 9.97 Å². The van der Waals surface area contributed by atoms with Gasteiger partial charge >= 0.3 is 12.1 Å². The number of carbonyl (C=O) groups is 1. The van der Waals surface area contributed by atoms with Crippen LogP contribution < -0.4 is 14.5 Å². The summed E-state index contributed by atoms with van der Waals surface area (Å²) in [7, 11) is 0. The van der Waals surface area contributed by atoms with E-state index in [0.717, 1.165) is 84.1 Å². The monoisotopic (exact) mass is 634 g/mol. The Morgan fingerprint density at radius 2 is 1.84 bits per heavy atom. The van der Waals surface area contributed by atoms with Crippen LogP contribution in [0.15, 0.2) is 36.4 Å². The van der Waals surface area contributed by atoms with Crippen LogP contribution in [0.25, 0.3) is 10.8 Å². The van der Waals surface area contributed by atoms with Gasteiger partial charge in [0.25, 0.3) is 0 Å². The summed E-state index contributed by atoms with van der Waals surface area (Å²) in [6, 6.07) is 13.4. The summed E-state index contributed by atoms with van der Waals surface area (Å²) >= 11 is 6.72. The Bertz CT molecular complexity index is 1550. The molecule has 0 unspecified atom stereocenters. The lowest BCUT2D eigenvalue weighted by atomic mass is 10.0. The van der Waals surface area contributed by atoms with E-state index in [9.17, 15) is 4.79 Å². The largest absolute Gasteiger partial charge is 0.463 e. The number of carbonyl (C=O) groups excluding carboxylic acids is 1. The summed E-state index contributed by atoms with van der Waals surface area (Å²) in [4.78, 5) is 31.7. The number of ether oxygens (including phenoxy) is 3. The second-order valence-electron chi connectivity index (χ2n) is 13.5. The smallest absolute Gasteiger partial charge is 0.410 e. The number of rotatable bonds is 7. The summed E-state index contributed by atoms with van der Waals surface area (Å²) in [6.07, 6.45) is 3.00. The van der Waals surface area contributed by atoms with Gasteiger partial charge in [0, 0.05) is 68.5 Å². The van der Waals surface area contributed by atoms with Crippen LogP contribution in [0.5, 0.6) is 6.01 Å². The SMILES string of the molecule is CC(C)(C)OC(=O)N1CCN(c2nc(OCCCN3C[C@@H]4C[C@H]3CO4)nc3c2CCN(c2cccc4cccc(Cl)c24)C3)CC1. The molecule has 3 fully saturated rings. The van der Waals surface area contributed by atoms with Crippen molar-refractivity contribution < 1.29 is 19.0 Å². The van der Waals surface area contributed by atoms with E-state index in [1.807, 2.05) is 32.9 Å². The van der Waals surface area contributed by atoms with Gasteiger partial charge in [-0.1, -0.05) is 35.9 Å². The molecule has 0 N–H and O–H groups in total. The number of anilines is 2. The van der Waals surface area contributed by atoms with Gasteiger partial charge in [-0.05, 0) is 57.6 Å². The van der Waals surface area contributed by atoms with E-state index in [4.69, 9.17) is 35.8 Å². The topological polar surface area (TPSA) is 83.5 Å². The Kier molecular flexibility index (Phi) is 8.39. The Labute approximate surface area is 270 Å². The average Bonchev–Trinajstić information content (AvgIpc) is 3.65. The molecule has 0 saturated carbocycles. The summed E-state index contributed by atoms with van der Waals surface area (Å²) in [5, 5.41) is 2.94. The zero-order chi connectivity index (χ0) is 31.1. The first kappa shape index (κ1) is 30.3. The first-order chi connectivity index (χ1) is 21.7. The van der Waals surface area contributed by atoms with Gasteiger partial charge in [-0.25, -0.2) is 4.79 Å². The summed E-state index contributed by atoms with van der Waals surface area (Å²) < 4.78 is 17.6. The molecule has 4 aliphatic heterocycles. The predicted molar refractivity (Wildman–Crippen MR) is 176 cm³/mol. The number of hydrogen-bond acceptors (Lipinski definition) is 9. The highest BCUT2D eigenvalue weighted by Crippen LogP contribution is 2.37. The summed E-state index contributed by atoms with van der Waals surface area (Å²) in [5.74, 6) is 0.920. The van der Waals surface area contributed by atoms with Crippen molar-refractivity contribution in [3.05, 3.63) is 52.7 Å². The van der Waals surface area contributed by atoms with Crippen LogP contribution in [0.3, 0.4) is 0 Å². The van der Waals surface area contributed by atoms with E-state index in [1.165, 1.54) is 0 Å². The quantitative estimate of drug-likeness (QED) is 0.328. The molecule has 7 rings (SSSR count). The lowest BCUT2D eigenvalue weighted by Crippen LogP contribution is -2.50. The van der Waals surface area contributed by atoms with Crippen molar-refractivity contribution in [3.63, 3.8) is 0 Å². The van der Waals surface area contributed by atoms with Crippen molar-refractivity contribution in [2.45, 2.75) is 64.3 Å². The predicted octanol–water partition coefficient (Wildman–Crippen LogP) is 5.15. The third kappa shape index (κ3) is 6.50. The van der Waals surface area contributed by atoms with Crippen molar-refractivity contribution >= 4 is 40.0 Å². The van der Waals surface area contributed by atoms with Crippen molar-refractivity contribution in [1.29, 1.82) is 0 Å². The molecule has 0 aliphatic carbocycles. The van der Waals surface area contributed by atoms with Crippen molar-refractivity contribution in [2.24, 2.45) is 0 Å². The van der Waals surface area contributed by atoms with Gasteiger partial charge in [0.1, 0.15) is 11.4 Å². The molecule has 10 nitrogen and oxygen atoms in total. The van der Waals surface area contributed by atoms with Gasteiger partial charge < -0.3 is 28.9 Å². The number of fused-ring (bicyclic) bond motifs is 4. The molecule has 240 valence electrons. The van der Waals surface area contributed by atoms with E-state index >= 15 is 0 Å². The van der Waals surface area contributed by atoms with E-state index in [-0.39, 0.29) is 6.09 Å². The highest BCUT2D eigenvalue weighted by molar-refractivity contribution is 6.36. The van der Waals surface area contributed by atoms with Crippen LogP contribution in [-0.2, 0) is 22.4 Å². The Hall–Kier alpha value is -3.34. The molecule has 5 heterocycles.